The molecule has 1 atom stereocenters. The minimum absolute atomic E-state index is 0.389. The van der Waals surface area contributed by atoms with Crippen LogP contribution in [0.15, 0.2) is 0 Å². The van der Waals surface area contributed by atoms with Crippen LogP contribution in [0.1, 0.15) is 40.0 Å². The Bertz CT molecular complexity index is 198. The van der Waals surface area contributed by atoms with Gasteiger partial charge in [0.15, 0.2) is 0 Å². The fraction of sp³-hybridized carbons (Fsp3) is 1.00. The van der Waals surface area contributed by atoms with E-state index in [0.717, 1.165) is 12.5 Å². The van der Waals surface area contributed by atoms with E-state index in [9.17, 15) is 0 Å². The maximum absolute atomic E-state index is 5.68. The molecule has 0 aromatic rings. The summed E-state index contributed by atoms with van der Waals surface area (Å²) < 4.78 is 5.68. The molecule has 82 valence electrons. The van der Waals surface area contributed by atoms with Crippen molar-refractivity contribution >= 4 is 0 Å². The third kappa shape index (κ3) is 2.29. The normalized spacial score (nSPS) is 31.3. The van der Waals surface area contributed by atoms with E-state index in [1.165, 1.54) is 32.4 Å². The van der Waals surface area contributed by atoms with E-state index in [1.54, 1.807) is 0 Å². The van der Waals surface area contributed by atoms with Crippen LogP contribution < -0.4 is 0 Å². The van der Waals surface area contributed by atoms with Gasteiger partial charge in [0.2, 0.25) is 0 Å². The summed E-state index contributed by atoms with van der Waals surface area (Å²) in [4.78, 5) is 2.67. The highest BCUT2D eigenvalue weighted by molar-refractivity contribution is 5.01. The van der Waals surface area contributed by atoms with Gasteiger partial charge in [0, 0.05) is 12.1 Å². The van der Waals surface area contributed by atoms with Gasteiger partial charge < -0.3 is 4.74 Å². The summed E-state index contributed by atoms with van der Waals surface area (Å²) in [5, 5.41) is 0. The smallest absolute Gasteiger partial charge is 0.0519 e. The molecule has 2 heteroatoms. The SMILES string of the molecule is CC(C)OCC1CCN(C2(C)CC2)C1. The predicted octanol–water partition coefficient (Wildman–Crippen LogP) is 2.29. The van der Waals surface area contributed by atoms with Gasteiger partial charge >= 0.3 is 0 Å². The molecule has 0 aromatic carbocycles. The maximum atomic E-state index is 5.68. The van der Waals surface area contributed by atoms with Crippen LogP contribution in [0.25, 0.3) is 0 Å². The maximum Gasteiger partial charge on any atom is 0.0519 e. The van der Waals surface area contributed by atoms with Gasteiger partial charge in [-0.2, -0.15) is 0 Å². The molecule has 0 amide bonds. The molecule has 2 fully saturated rings. The standard InChI is InChI=1S/C12H23NO/c1-10(2)14-9-11-4-7-13(8-11)12(3)5-6-12/h10-11H,4-9H2,1-3H3. The van der Waals surface area contributed by atoms with Crippen LogP contribution in [0.3, 0.4) is 0 Å². The third-order valence-electron chi connectivity index (χ3n) is 3.69. The first kappa shape index (κ1) is 10.4. The zero-order valence-electron chi connectivity index (χ0n) is 9.75. The minimum atomic E-state index is 0.389. The average molecular weight is 197 g/mol. The van der Waals surface area contributed by atoms with E-state index in [4.69, 9.17) is 4.74 Å². The highest BCUT2D eigenvalue weighted by Gasteiger charge is 2.45. The average Bonchev–Trinajstić information content (AvgIpc) is 2.70. The lowest BCUT2D eigenvalue weighted by Gasteiger charge is -2.23. The van der Waals surface area contributed by atoms with Gasteiger partial charge in [-0.25, -0.2) is 0 Å². The lowest BCUT2D eigenvalue weighted by Crippen LogP contribution is -2.33. The molecule has 1 saturated carbocycles. The number of rotatable bonds is 4. The molecule has 1 unspecified atom stereocenters. The van der Waals surface area contributed by atoms with E-state index >= 15 is 0 Å². The van der Waals surface area contributed by atoms with Gasteiger partial charge in [-0.05, 0) is 52.5 Å². The van der Waals surface area contributed by atoms with E-state index in [1.807, 2.05) is 0 Å². The predicted molar refractivity (Wildman–Crippen MR) is 58.4 cm³/mol. The van der Waals surface area contributed by atoms with Crippen LogP contribution >= 0.6 is 0 Å². The van der Waals surface area contributed by atoms with E-state index < -0.39 is 0 Å². The Labute approximate surface area is 87.6 Å². The Kier molecular flexibility index (Phi) is 2.85. The monoisotopic (exact) mass is 197 g/mol. The highest BCUT2D eigenvalue weighted by Crippen LogP contribution is 2.43. The molecule has 1 heterocycles. The molecule has 1 aliphatic heterocycles. The number of nitrogens with zero attached hydrogens (tertiary/aromatic N) is 1. The van der Waals surface area contributed by atoms with Crippen molar-refractivity contribution in [3.05, 3.63) is 0 Å². The summed E-state index contributed by atoms with van der Waals surface area (Å²) in [5.41, 5.74) is 0.576. The van der Waals surface area contributed by atoms with Gasteiger partial charge in [-0.3, -0.25) is 4.90 Å². The molecule has 2 rings (SSSR count). The minimum Gasteiger partial charge on any atom is -0.378 e. The van der Waals surface area contributed by atoms with Crippen molar-refractivity contribution in [2.75, 3.05) is 19.7 Å². The van der Waals surface area contributed by atoms with Gasteiger partial charge in [-0.1, -0.05) is 0 Å². The lowest BCUT2D eigenvalue weighted by molar-refractivity contribution is 0.0515. The van der Waals surface area contributed by atoms with Crippen molar-refractivity contribution in [3.63, 3.8) is 0 Å². The first-order valence-electron chi connectivity index (χ1n) is 5.97. The van der Waals surface area contributed by atoms with Gasteiger partial charge in [-0.15, -0.1) is 0 Å². The fourth-order valence-electron chi connectivity index (χ4n) is 2.28. The molecule has 0 aromatic heterocycles. The van der Waals surface area contributed by atoms with Crippen molar-refractivity contribution in [1.29, 1.82) is 0 Å². The largest absolute Gasteiger partial charge is 0.378 e. The first-order chi connectivity index (χ1) is 6.60. The van der Waals surface area contributed by atoms with Crippen molar-refractivity contribution in [2.24, 2.45) is 5.92 Å². The quantitative estimate of drug-likeness (QED) is 0.685. The summed E-state index contributed by atoms with van der Waals surface area (Å²) in [6.45, 7) is 10.2. The molecule has 2 nitrogen and oxygen atoms in total. The molecule has 0 bridgehead atoms. The van der Waals surface area contributed by atoms with Crippen LogP contribution in [0.4, 0.5) is 0 Å². The summed E-state index contributed by atoms with van der Waals surface area (Å²) in [7, 11) is 0. The number of hydrogen-bond donors (Lipinski definition) is 0. The molecule has 1 saturated heterocycles. The molecule has 0 radical (unpaired) electrons. The van der Waals surface area contributed by atoms with Crippen LogP contribution in [0.5, 0.6) is 0 Å². The van der Waals surface area contributed by atoms with Gasteiger partial charge in [0.1, 0.15) is 0 Å². The van der Waals surface area contributed by atoms with Crippen molar-refractivity contribution in [2.45, 2.75) is 51.7 Å². The second-order valence-corrected chi connectivity index (χ2v) is 5.48. The topological polar surface area (TPSA) is 12.5 Å². The zero-order valence-corrected chi connectivity index (χ0v) is 9.75. The Hall–Kier alpha value is -0.0800. The Balaban J connectivity index is 1.72. The summed E-state index contributed by atoms with van der Waals surface area (Å²) >= 11 is 0. The van der Waals surface area contributed by atoms with Crippen LogP contribution in [-0.2, 0) is 4.74 Å². The zero-order chi connectivity index (χ0) is 10.2. The Morgan fingerprint density at radius 3 is 2.71 bits per heavy atom. The van der Waals surface area contributed by atoms with E-state index in [0.29, 0.717) is 11.6 Å². The molecular weight excluding hydrogens is 174 g/mol. The third-order valence-corrected chi connectivity index (χ3v) is 3.69. The second-order valence-electron chi connectivity index (χ2n) is 5.48. The molecule has 14 heavy (non-hydrogen) atoms. The molecular formula is C12H23NO. The first-order valence-corrected chi connectivity index (χ1v) is 5.97. The van der Waals surface area contributed by atoms with Crippen LogP contribution in [0, 0.1) is 5.92 Å². The molecule has 0 spiro atoms. The van der Waals surface area contributed by atoms with E-state index in [-0.39, 0.29) is 0 Å². The molecule has 2 aliphatic rings. The molecule has 0 N–H and O–H groups in total. The fourth-order valence-corrected chi connectivity index (χ4v) is 2.28. The summed E-state index contributed by atoms with van der Waals surface area (Å²) in [6.07, 6.45) is 4.54. The Morgan fingerprint density at radius 2 is 2.14 bits per heavy atom. The van der Waals surface area contributed by atoms with Crippen molar-refractivity contribution in [1.82, 2.24) is 4.90 Å². The number of likely N-dealkylation sites (tertiary alicyclic amines) is 1. The number of ether oxygens (including phenoxy) is 1. The van der Waals surface area contributed by atoms with Crippen LogP contribution in [0.2, 0.25) is 0 Å². The lowest BCUT2D eigenvalue weighted by atomic mass is 10.1. The van der Waals surface area contributed by atoms with Crippen molar-refractivity contribution < 1.29 is 4.74 Å². The van der Waals surface area contributed by atoms with Gasteiger partial charge in [0.05, 0.1) is 12.7 Å². The second kappa shape index (κ2) is 3.82. The van der Waals surface area contributed by atoms with Crippen LogP contribution in [-0.4, -0.2) is 36.2 Å². The van der Waals surface area contributed by atoms with Gasteiger partial charge in [0.25, 0.3) is 0 Å². The summed E-state index contributed by atoms with van der Waals surface area (Å²) in [5.74, 6) is 0.787. The summed E-state index contributed by atoms with van der Waals surface area (Å²) in [6, 6.07) is 0. The van der Waals surface area contributed by atoms with E-state index in [2.05, 4.69) is 25.7 Å². The highest BCUT2D eigenvalue weighted by atomic mass is 16.5. The Morgan fingerprint density at radius 1 is 1.43 bits per heavy atom. The van der Waals surface area contributed by atoms with Crippen molar-refractivity contribution in [3.8, 4) is 0 Å². The molecule has 1 aliphatic carbocycles. The number of hydrogen-bond acceptors (Lipinski definition) is 2.